The third-order valence-corrected chi connectivity index (χ3v) is 8.29. The molecule has 1 unspecified atom stereocenters. The van der Waals surface area contributed by atoms with Gasteiger partial charge in [-0.05, 0) is 68.8 Å². The van der Waals surface area contributed by atoms with Crippen LogP contribution in [-0.2, 0) is 6.54 Å². The number of rotatable bonds is 9. The van der Waals surface area contributed by atoms with Crippen molar-refractivity contribution in [2.24, 2.45) is 17.8 Å². The van der Waals surface area contributed by atoms with E-state index in [2.05, 4.69) is 33.8 Å². The van der Waals surface area contributed by atoms with Crippen LogP contribution in [0.5, 0.6) is 0 Å². The number of carbonyl (C=O) groups is 1. The summed E-state index contributed by atoms with van der Waals surface area (Å²) in [5.41, 5.74) is 1.33. The number of hydrogen-bond donors (Lipinski definition) is 4. The van der Waals surface area contributed by atoms with E-state index in [1.165, 1.54) is 6.42 Å². The van der Waals surface area contributed by atoms with E-state index in [9.17, 15) is 4.79 Å². The molecule has 3 aromatic rings. The Hall–Kier alpha value is -3.82. The fourth-order valence-electron chi connectivity index (χ4n) is 5.72. The molecule has 1 aromatic carbocycles. The highest BCUT2D eigenvalue weighted by Gasteiger charge is 2.30. The molecule has 10 heteroatoms. The first-order chi connectivity index (χ1) is 18.8. The molecule has 1 amide bonds. The van der Waals surface area contributed by atoms with Gasteiger partial charge in [-0.25, -0.2) is 24.1 Å². The van der Waals surface area contributed by atoms with Gasteiger partial charge in [-0.3, -0.25) is 10.7 Å². The van der Waals surface area contributed by atoms with Crippen LogP contribution in [0.1, 0.15) is 75.3 Å². The van der Waals surface area contributed by atoms with E-state index in [4.69, 9.17) is 10.5 Å². The van der Waals surface area contributed by atoms with Gasteiger partial charge in [0.15, 0.2) is 35.1 Å². The molecule has 2 fully saturated rings. The molecule has 5 rings (SSSR count). The van der Waals surface area contributed by atoms with Crippen LogP contribution < -0.4 is 10.6 Å². The third-order valence-electron chi connectivity index (χ3n) is 8.29. The van der Waals surface area contributed by atoms with Gasteiger partial charge >= 0.3 is 6.09 Å². The van der Waals surface area contributed by atoms with Gasteiger partial charge in [0.05, 0.1) is 0 Å². The van der Waals surface area contributed by atoms with Crippen LogP contribution in [0.25, 0.3) is 11.2 Å². The third kappa shape index (κ3) is 5.79. The smallest absolute Gasteiger partial charge is 0.410 e. The van der Waals surface area contributed by atoms with Crippen LogP contribution in [0.2, 0.25) is 0 Å². The summed E-state index contributed by atoms with van der Waals surface area (Å²) in [6.45, 7) is 6.62. The van der Waals surface area contributed by atoms with Gasteiger partial charge in [0, 0.05) is 12.6 Å². The summed E-state index contributed by atoms with van der Waals surface area (Å²) < 4.78 is 18.1. The van der Waals surface area contributed by atoms with Gasteiger partial charge in [-0.1, -0.05) is 42.8 Å². The van der Waals surface area contributed by atoms with Crippen molar-refractivity contribution >= 4 is 28.9 Å². The Labute approximate surface area is 227 Å². The second-order valence-electron chi connectivity index (χ2n) is 10.9. The van der Waals surface area contributed by atoms with E-state index in [1.807, 2.05) is 22.0 Å². The van der Waals surface area contributed by atoms with E-state index < -0.39 is 18.1 Å². The number of halogens is 1. The number of imidazole rings is 1. The summed E-state index contributed by atoms with van der Waals surface area (Å²) in [6, 6.07) is 9.03. The molecule has 2 heterocycles. The molecule has 0 saturated heterocycles. The zero-order chi connectivity index (χ0) is 27.5. The van der Waals surface area contributed by atoms with E-state index in [-0.39, 0.29) is 23.3 Å². The van der Waals surface area contributed by atoms with Crippen LogP contribution in [0, 0.1) is 23.2 Å². The van der Waals surface area contributed by atoms with Crippen molar-refractivity contribution in [1.29, 1.82) is 5.41 Å². The minimum Gasteiger partial charge on any atom is -0.465 e. The predicted molar refractivity (Wildman–Crippen MR) is 149 cm³/mol. The Morgan fingerprint density at radius 3 is 2.51 bits per heavy atom. The molecule has 39 heavy (non-hydrogen) atoms. The second-order valence-corrected chi connectivity index (χ2v) is 10.9. The van der Waals surface area contributed by atoms with Crippen molar-refractivity contribution in [1.82, 2.24) is 24.8 Å². The molecule has 206 valence electrons. The maximum Gasteiger partial charge on any atom is 0.410 e. The molecule has 2 aliphatic carbocycles. The predicted octanol–water partition coefficient (Wildman–Crippen LogP) is 6.07. The van der Waals surface area contributed by atoms with Crippen LogP contribution >= 0.6 is 0 Å². The molecule has 0 spiro atoms. The summed E-state index contributed by atoms with van der Waals surface area (Å²) in [5.74, 6) is 1.46. The molecular formula is C29H36FN7O2. The number of nitrogens with one attached hydrogen (secondary N) is 3. The maximum absolute atomic E-state index is 16.2. The number of anilines is 1. The normalized spacial score (nSPS) is 21.1. The van der Waals surface area contributed by atoms with Crippen molar-refractivity contribution in [3.8, 4) is 0 Å². The first-order valence-corrected chi connectivity index (χ1v) is 13.8. The molecule has 2 aromatic heterocycles. The second kappa shape index (κ2) is 11.5. The number of hydrogen-bond acceptors (Lipinski definition) is 6. The standard InChI is InChI=1S/C29H36FN7O2/c1-3-18-12-14-19(15-13-18)16-37-23-25(32-17(2)20-10-7-11-20)34-27(24(31)33-29(38)39)35-26(23)36-28(37)22(30)21-8-5-4-6-9-21/h3-6,8-9,17-20,22H,1,7,10-16H2,2H3,(H2,31,33)(H,38,39)(H,32,34,35)/t17-,18?,19?,22?/m1/s1. The largest absolute Gasteiger partial charge is 0.465 e. The SMILES string of the molecule is C=CC1CCC(Cn2c(C(F)c3ccccc3)nc3nc(C(=N)NC(=O)O)nc(N[C@H](C)C4CCC4)c32)CC1. The molecule has 4 N–H and O–H groups in total. The number of nitrogens with zero attached hydrogens (tertiary/aromatic N) is 4. The average molecular weight is 534 g/mol. The van der Waals surface area contributed by atoms with E-state index in [0.29, 0.717) is 41.2 Å². The quantitative estimate of drug-likeness (QED) is 0.150. The molecule has 2 aliphatic rings. The fourth-order valence-corrected chi connectivity index (χ4v) is 5.72. The van der Waals surface area contributed by atoms with Crippen LogP contribution in [-0.4, -0.2) is 42.6 Å². The minimum atomic E-state index is -1.48. The monoisotopic (exact) mass is 533 g/mol. The first kappa shape index (κ1) is 26.8. The molecule has 0 aliphatic heterocycles. The lowest BCUT2D eigenvalue weighted by atomic mass is 9.80. The topological polar surface area (TPSA) is 129 Å². The van der Waals surface area contributed by atoms with Crippen molar-refractivity contribution < 1.29 is 14.3 Å². The zero-order valence-electron chi connectivity index (χ0n) is 22.2. The number of benzene rings is 1. The number of alkyl halides is 1. The Bertz CT molecular complexity index is 1350. The highest BCUT2D eigenvalue weighted by Crippen LogP contribution is 2.37. The minimum absolute atomic E-state index is 0.0939. The van der Waals surface area contributed by atoms with Crippen LogP contribution in [0.4, 0.5) is 15.0 Å². The molecule has 0 radical (unpaired) electrons. The lowest BCUT2D eigenvalue weighted by Crippen LogP contribution is -2.33. The van der Waals surface area contributed by atoms with Gasteiger partial charge < -0.3 is 15.0 Å². The van der Waals surface area contributed by atoms with E-state index in [1.54, 1.807) is 24.3 Å². The Morgan fingerprint density at radius 2 is 1.90 bits per heavy atom. The number of amides is 1. The number of aromatic nitrogens is 4. The van der Waals surface area contributed by atoms with Crippen molar-refractivity contribution in [3.63, 3.8) is 0 Å². The summed E-state index contributed by atoms with van der Waals surface area (Å²) in [5, 5.41) is 22.9. The Morgan fingerprint density at radius 1 is 1.18 bits per heavy atom. The highest BCUT2D eigenvalue weighted by atomic mass is 19.1. The van der Waals surface area contributed by atoms with E-state index >= 15 is 4.39 Å². The number of carboxylic acid groups (broad SMARTS) is 1. The van der Waals surface area contributed by atoms with Crippen molar-refractivity contribution in [3.05, 3.63) is 60.2 Å². The molecule has 2 saturated carbocycles. The van der Waals surface area contributed by atoms with Crippen molar-refractivity contribution in [2.45, 2.75) is 70.6 Å². The number of allylic oxidation sites excluding steroid dienone is 1. The Kier molecular flexibility index (Phi) is 7.90. The van der Waals surface area contributed by atoms with Crippen LogP contribution in [0.3, 0.4) is 0 Å². The zero-order valence-corrected chi connectivity index (χ0v) is 22.2. The number of amidine groups is 1. The summed E-state index contributed by atoms with van der Waals surface area (Å²) in [7, 11) is 0. The van der Waals surface area contributed by atoms with Crippen LogP contribution in [0.15, 0.2) is 43.0 Å². The molecular weight excluding hydrogens is 497 g/mol. The highest BCUT2D eigenvalue weighted by molar-refractivity contribution is 6.03. The summed E-state index contributed by atoms with van der Waals surface area (Å²) >= 11 is 0. The molecule has 2 atom stereocenters. The summed E-state index contributed by atoms with van der Waals surface area (Å²) in [6.07, 6.45) is 6.69. The summed E-state index contributed by atoms with van der Waals surface area (Å²) in [4.78, 5) is 24.9. The molecule has 9 nitrogen and oxygen atoms in total. The van der Waals surface area contributed by atoms with Gasteiger partial charge in [-0.2, -0.15) is 0 Å². The first-order valence-electron chi connectivity index (χ1n) is 13.8. The Balaban J connectivity index is 1.62. The van der Waals surface area contributed by atoms with Gasteiger partial charge in [0.25, 0.3) is 0 Å². The number of fused-ring (bicyclic) bond motifs is 1. The van der Waals surface area contributed by atoms with Gasteiger partial charge in [0.2, 0.25) is 0 Å². The lowest BCUT2D eigenvalue weighted by molar-refractivity contribution is 0.200. The average Bonchev–Trinajstić information content (AvgIpc) is 3.26. The van der Waals surface area contributed by atoms with E-state index in [0.717, 1.165) is 38.5 Å². The maximum atomic E-state index is 16.2. The van der Waals surface area contributed by atoms with Gasteiger partial charge in [0.1, 0.15) is 5.52 Å². The van der Waals surface area contributed by atoms with Gasteiger partial charge in [-0.15, -0.1) is 6.58 Å². The fraction of sp³-hybridized carbons (Fsp3) is 0.483. The lowest BCUT2D eigenvalue weighted by Gasteiger charge is -2.32. The van der Waals surface area contributed by atoms with Crippen molar-refractivity contribution in [2.75, 3.05) is 5.32 Å². The molecule has 0 bridgehead atoms.